The van der Waals surface area contributed by atoms with Crippen LogP contribution in [-0.4, -0.2) is 18.0 Å². The number of aliphatic hydroxyl groups excluding tert-OH is 1. The second-order valence-corrected chi connectivity index (χ2v) is 2.00. The van der Waals surface area contributed by atoms with Crippen LogP contribution in [0.5, 0.6) is 0 Å². The molecule has 0 amide bonds. The molecule has 0 saturated heterocycles. The molecule has 0 aliphatic carbocycles. The van der Waals surface area contributed by atoms with Crippen LogP contribution in [0.3, 0.4) is 0 Å². The van der Waals surface area contributed by atoms with Gasteiger partial charge in [-0.15, -0.1) is 0 Å². The summed E-state index contributed by atoms with van der Waals surface area (Å²) in [5, 5.41) is 8.52. The molecule has 0 radical (unpaired) electrons. The van der Waals surface area contributed by atoms with Crippen LogP contribution in [0.2, 0.25) is 0 Å². The number of carbonyl (C=O) groups is 1. The Hall–Kier alpha value is -0.890. The third kappa shape index (κ3) is 5.25. The van der Waals surface area contributed by atoms with Gasteiger partial charge in [-0.2, -0.15) is 0 Å². The van der Waals surface area contributed by atoms with E-state index >= 15 is 0 Å². The predicted molar refractivity (Wildman–Crippen MR) is 40.7 cm³/mol. The third-order valence-corrected chi connectivity index (χ3v) is 0.999. The molecular weight excluding hydrogens is 128 g/mol. The maximum Gasteiger partial charge on any atom is 0.123 e. The summed E-state index contributed by atoms with van der Waals surface area (Å²) < 4.78 is 0. The minimum absolute atomic E-state index is 0.0748. The van der Waals surface area contributed by atoms with Gasteiger partial charge < -0.3 is 9.90 Å². The van der Waals surface area contributed by atoms with Crippen LogP contribution in [0.4, 0.5) is 0 Å². The number of hydrogen-bond acceptors (Lipinski definition) is 2. The quantitative estimate of drug-likeness (QED) is 0.468. The van der Waals surface area contributed by atoms with Gasteiger partial charge in [0.15, 0.2) is 0 Å². The van der Waals surface area contributed by atoms with Gasteiger partial charge in [0.2, 0.25) is 0 Å². The first-order valence-corrected chi connectivity index (χ1v) is 3.18. The SMILES string of the molecule is C/C(=C\C=C\CC=O)CO. The van der Waals surface area contributed by atoms with Crippen LogP contribution in [-0.2, 0) is 4.79 Å². The molecule has 0 rings (SSSR count). The highest BCUT2D eigenvalue weighted by Crippen LogP contribution is 1.90. The van der Waals surface area contributed by atoms with E-state index in [1.54, 1.807) is 18.2 Å². The van der Waals surface area contributed by atoms with E-state index in [4.69, 9.17) is 5.11 Å². The lowest BCUT2D eigenvalue weighted by Crippen LogP contribution is -1.80. The van der Waals surface area contributed by atoms with Crippen molar-refractivity contribution in [1.29, 1.82) is 0 Å². The number of carbonyl (C=O) groups excluding carboxylic acids is 1. The fourth-order valence-corrected chi connectivity index (χ4v) is 0.419. The van der Waals surface area contributed by atoms with Gasteiger partial charge in [-0.1, -0.05) is 18.2 Å². The zero-order valence-electron chi connectivity index (χ0n) is 6.08. The highest BCUT2D eigenvalue weighted by Gasteiger charge is 1.78. The maximum absolute atomic E-state index is 9.80. The molecule has 0 aromatic carbocycles. The zero-order chi connectivity index (χ0) is 7.82. The molecule has 0 bridgehead atoms. The second kappa shape index (κ2) is 6.23. The number of rotatable bonds is 4. The van der Waals surface area contributed by atoms with Gasteiger partial charge in [-0.05, 0) is 12.5 Å². The molecule has 1 N–H and O–H groups in total. The average Bonchev–Trinajstić information content (AvgIpc) is 1.98. The lowest BCUT2D eigenvalue weighted by Gasteiger charge is -1.87. The number of aldehydes is 1. The molecule has 0 aromatic heterocycles. The summed E-state index contributed by atoms with van der Waals surface area (Å²) in [5.74, 6) is 0. The van der Waals surface area contributed by atoms with Crippen LogP contribution < -0.4 is 0 Å². The summed E-state index contributed by atoms with van der Waals surface area (Å²) in [7, 11) is 0. The molecule has 2 heteroatoms. The van der Waals surface area contributed by atoms with Gasteiger partial charge in [0.1, 0.15) is 6.29 Å². The Morgan fingerprint density at radius 2 is 2.30 bits per heavy atom. The Morgan fingerprint density at radius 1 is 1.60 bits per heavy atom. The van der Waals surface area contributed by atoms with Crippen molar-refractivity contribution >= 4 is 6.29 Å². The minimum atomic E-state index is 0.0748. The van der Waals surface area contributed by atoms with Gasteiger partial charge in [0, 0.05) is 6.42 Å². The van der Waals surface area contributed by atoms with Crippen LogP contribution in [0.15, 0.2) is 23.8 Å². The van der Waals surface area contributed by atoms with E-state index in [1.165, 1.54) is 0 Å². The second-order valence-electron chi connectivity index (χ2n) is 2.00. The standard InChI is InChI=1S/C8H12O2/c1-8(7-10)5-3-2-4-6-9/h2-3,5-6,10H,4,7H2,1H3/b3-2+,8-5+. The summed E-state index contributed by atoms with van der Waals surface area (Å²) in [5.41, 5.74) is 0.891. The Bertz CT molecular complexity index is 145. The van der Waals surface area contributed by atoms with Crippen LogP contribution in [0, 0.1) is 0 Å². The van der Waals surface area contributed by atoms with Crippen molar-refractivity contribution in [3.63, 3.8) is 0 Å². The van der Waals surface area contributed by atoms with Gasteiger partial charge in [0.25, 0.3) is 0 Å². The number of aliphatic hydroxyl groups is 1. The van der Waals surface area contributed by atoms with Crippen molar-refractivity contribution in [2.24, 2.45) is 0 Å². The summed E-state index contributed by atoms with van der Waals surface area (Å²) in [6.07, 6.45) is 6.56. The van der Waals surface area contributed by atoms with Crippen molar-refractivity contribution in [1.82, 2.24) is 0 Å². The number of hydrogen-bond donors (Lipinski definition) is 1. The zero-order valence-corrected chi connectivity index (χ0v) is 6.08. The molecule has 0 aliphatic heterocycles. The van der Waals surface area contributed by atoms with Crippen molar-refractivity contribution in [3.8, 4) is 0 Å². The summed E-state index contributed by atoms with van der Waals surface area (Å²) in [4.78, 5) is 9.80. The molecule has 0 aliphatic rings. The monoisotopic (exact) mass is 140 g/mol. The fraction of sp³-hybridized carbons (Fsp3) is 0.375. The van der Waals surface area contributed by atoms with Crippen LogP contribution in [0.1, 0.15) is 13.3 Å². The molecule has 10 heavy (non-hydrogen) atoms. The van der Waals surface area contributed by atoms with Gasteiger partial charge in [-0.25, -0.2) is 0 Å². The Labute approximate surface area is 60.9 Å². The first kappa shape index (κ1) is 9.11. The van der Waals surface area contributed by atoms with E-state index in [-0.39, 0.29) is 6.61 Å². The van der Waals surface area contributed by atoms with Gasteiger partial charge >= 0.3 is 0 Å². The van der Waals surface area contributed by atoms with Crippen LogP contribution in [0.25, 0.3) is 0 Å². The molecule has 0 saturated carbocycles. The Balaban J connectivity index is 3.58. The lowest BCUT2D eigenvalue weighted by molar-refractivity contribution is -0.107. The number of allylic oxidation sites excluding steroid dienone is 3. The molecular formula is C8H12O2. The largest absolute Gasteiger partial charge is 0.392 e. The van der Waals surface area contributed by atoms with Crippen molar-refractivity contribution < 1.29 is 9.90 Å². The topological polar surface area (TPSA) is 37.3 Å². The van der Waals surface area contributed by atoms with Crippen molar-refractivity contribution in [2.75, 3.05) is 6.61 Å². The molecule has 0 spiro atoms. The van der Waals surface area contributed by atoms with Gasteiger partial charge in [0.05, 0.1) is 6.61 Å². The molecule has 2 nitrogen and oxygen atoms in total. The predicted octanol–water partition coefficient (Wildman–Crippen LogP) is 1.07. The van der Waals surface area contributed by atoms with Crippen LogP contribution >= 0.6 is 0 Å². The summed E-state index contributed by atoms with van der Waals surface area (Å²) in [6, 6.07) is 0. The first-order valence-electron chi connectivity index (χ1n) is 3.18. The van der Waals surface area contributed by atoms with E-state index in [0.717, 1.165) is 11.9 Å². The smallest absolute Gasteiger partial charge is 0.123 e. The highest BCUT2D eigenvalue weighted by molar-refractivity contribution is 5.52. The maximum atomic E-state index is 9.80. The summed E-state index contributed by atoms with van der Waals surface area (Å²) in [6.45, 7) is 1.90. The van der Waals surface area contributed by atoms with E-state index < -0.39 is 0 Å². The molecule has 0 unspecified atom stereocenters. The molecule has 0 atom stereocenters. The van der Waals surface area contributed by atoms with E-state index in [9.17, 15) is 4.79 Å². The first-order chi connectivity index (χ1) is 4.81. The lowest BCUT2D eigenvalue weighted by atomic mass is 10.3. The molecule has 56 valence electrons. The molecule has 0 aromatic rings. The average molecular weight is 140 g/mol. The van der Waals surface area contributed by atoms with Crippen molar-refractivity contribution in [3.05, 3.63) is 23.8 Å². The minimum Gasteiger partial charge on any atom is -0.392 e. The van der Waals surface area contributed by atoms with E-state index in [2.05, 4.69) is 0 Å². The fourth-order valence-electron chi connectivity index (χ4n) is 0.419. The van der Waals surface area contributed by atoms with E-state index in [0.29, 0.717) is 6.42 Å². The normalized spacial score (nSPS) is 12.4. The van der Waals surface area contributed by atoms with E-state index in [1.807, 2.05) is 6.92 Å². The third-order valence-electron chi connectivity index (χ3n) is 0.999. The Morgan fingerprint density at radius 3 is 2.80 bits per heavy atom. The summed E-state index contributed by atoms with van der Waals surface area (Å²) >= 11 is 0. The highest BCUT2D eigenvalue weighted by atomic mass is 16.3. The van der Waals surface area contributed by atoms with Gasteiger partial charge in [-0.3, -0.25) is 0 Å². The Kier molecular flexibility index (Phi) is 5.68. The van der Waals surface area contributed by atoms with Crippen molar-refractivity contribution in [2.45, 2.75) is 13.3 Å². The molecule has 0 heterocycles. The molecule has 0 fully saturated rings.